The Morgan fingerprint density at radius 2 is 1.91 bits per heavy atom. The molecule has 0 aliphatic rings. The number of methoxy groups -OCH3 is 1. The lowest BCUT2D eigenvalue weighted by molar-refractivity contribution is -0.122. The minimum absolute atomic E-state index is 0.0360. The van der Waals surface area contributed by atoms with Crippen molar-refractivity contribution in [1.82, 2.24) is 16.2 Å². The first kappa shape index (κ1) is 17.6. The number of amides is 2. The maximum atomic E-state index is 11.7. The van der Waals surface area contributed by atoms with E-state index >= 15 is 0 Å². The van der Waals surface area contributed by atoms with Gasteiger partial charge in [0.2, 0.25) is 11.8 Å². The summed E-state index contributed by atoms with van der Waals surface area (Å²) in [5, 5.41) is 2.46. The van der Waals surface area contributed by atoms with Gasteiger partial charge in [-0.25, -0.2) is 0 Å². The number of hydrazine groups is 1. The summed E-state index contributed by atoms with van der Waals surface area (Å²) < 4.78 is 5.05. The topological polar surface area (TPSA) is 79.5 Å². The Hall–Kier alpha value is -2.41. The van der Waals surface area contributed by atoms with Gasteiger partial charge in [0.05, 0.1) is 7.11 Å². The molecule has 0 spiro atoms. The van der Waals surface area contributed by atoms with E-state index in [4.69, 9.17) is 17.0 Å². The number of carbonyl (C=O) groups excluding carboxylic acids is 2. The van der Waals surface area contributed by atoms with Crippen LogP contribution in [-0.4, -0.2) is 24.0 Å². The first-order chi connectivity index (χ1) is 10.5. The minimum atomic E-state index is -0.391. The summed E-state index contributed by atoms with van der Waals surface area (Å²) in [5.74, 6) is 0.167. The molecule has 6 nitrogen and oxygen atoms in total. The Labute approximate surface area is 134 Å². The number of nitrogens with one attached hydrogen (secondary N) is 3. The first-order valence-corrected chi connectivity index (χ1v) is 7.18. The summed E-state index contributed by atoms with van der Waals surface area (Å²) in [6.07, 6.45) is 4.12. The van der Waals surface area contributed by atoms with E-state index in [1.165, 1.54) is 6.08 Å². The average molecular weight is 321 g/mol. The first-order valence-electron chi connectivity index (χ1n) is 6.77. The highest BCUT2D eigenvalue weighted by Crippen LogP contribution is 2.12. The molecule has 2 amide bonds. The van der Waals surface area contributed by atoms with Crippen LogP contribution in [0.1, 0.15) is 25.3 Å². The van der Waals surface area contributed by atoms with Gasteiger partial charge in [-0.1, -0.05) is 19.1 Å². The fourth-order valence-corrected chi connectivity index (χ4v) is 1.64. The van der Waals surface area contributed by atoms with Crippen molar-refractivity contribution in [1.29, 1.82) is 0 Å². The molecule has 1 aromatic rings. The van der Waals surface area contributed by atoms with Crippen LogP contribution < -0.4 is 20.9 Å². The van der Waals surface area contributed by atoms with Crippen LogP contribution in [0.25, 0.3) is 6.08 Å². The molecule has 0 aliphatic carbocycles. The Balaban J connectivity index is 2.39. The van der Waals surface area contributed by atoms with Crippen molar-refractivity contribution in [3.05, 3.63) is 35.9 Å². The van der Waals surface area contributed by atoms with E-state index in [2.05, 4.69) is 16.2 Å². The number of thiocarbonyl (C=S) groups is 1. The number of carbonyl (C=O) groups is 2. The molecule has 118 valence electrons. The number of hydrogen-bond acceptors (Lipinski definition) is 4. The summed E-state index contributed by atoms with van der Waals surface area (Å²) >= 11 is 4.89. The van der Waals surface area contributed by atoms with Crippen molar-refractivity contribution >= 4 is 35.2 Å². The SMILES string of the molecule is CCCC(=O)NNC(=S)NC(=O)/C=C/c1ccc(OC)cc1. The van der Waals surface area contributed by atoms with E-state index in [1.54, 1.807) is 25.3 Å². The second-order valence-corrected chi connectivity index (χ2v) is 4.76. The number of benzene rings is 1. The largest absolute Gasteiger partial charge is 0.497 e. The smallest absolute Gasteiger partial charge is 0.250 e. The third kappa shape index (κ3) is 6.85. The van der Waals surface area contributed by atoms with Crippen molar-refractivity contribution in [3.8, 4) is 5.75 Å². The van der Waals surface area contributed by atoms with Crippen LogP contribution in [0.15, 0.2) is 30.3 Å². The molecule has 1 rings (SSSR count). The van der Waals surface area contributed by atoms with Gasteiger partial charge in [-0.3, -0.25) is 25.8 Å². The molecular formula is C15H19N3O3S. The van der Waals surface area contributed by atoms with E-state index in [-0.39, 0.29) is 11.0 Å². The fraction of sp³-hybridized carbons (Fsp3) is 0.267. The molecule has 0 heterocycles. The van der Waals surface area contributed by atoms with Gasteiger partial charge in [0.25, 0.3) is 0 Å². The zero-order chi connectivity index (χ0) is 16.4. The van der Waals surface area contributed by atoms with E-state index < -0.39 is 5.91 Å². The molecular weight excluding hydrogens is 302 g/mol. The third-order valence-electron chi connectivity index (χ3n) is 2.57. The molecule has 0 saturated carbocycles. The second-order valence-electron chi connectivity index (χ2n) is 4.35. The van der Waals surface area contributed by atoms with Gasteiger partial charge in [-0.2, -0.15) is 0 Å². The molecule has 0 saturated heterocycles. The highest BCUT2D eigenvalue weighted by atomic mass is 32.1. The maximum Gasteiger partial charge on any atom is 0.250 e. The van der Waals surface area contributed by atoms with E-state index in [0.717, 1.165) is 17.7 Å². The maximum absolute atomic E-state index is 11.7. The highest BCUT2D eigenvalue weighted by Gasteiger charge is 2.02. The summed E-state index contributed by atoms with van der Waals surface area (Å²) in [7, 11) is 1.59. The van der Waals surface area contributed by atoms with Gasteiger partial charge in [0, 0.05) is 12.5 Å². The van der Waals surface area contributed by atoms with Crippen LogP contribution in [0.4, 0.5) is 0 Å². The molecule has 0 bridgehead atoms. The number of ether oxygens (including phenoxy) is 1. The lowest BCUT2D eigenvalue weighted by Crippen LogP contribution is -2.48. The van der Waals surface area contributed by atoms with Crippen LogP contribution in [0.5, 0.6) is 5.75 Å². The van der Waals surface area contributed by atoms with Gasteiger partial charge in [-0.05, 0) is 42.4 Å². The predicted molar refractivity (Wildman–Crippen MR) is 89.0 cm³/mol. The van der Waals surface area contributed by atoms with Crippen molar-refractivity contribution in [2.75, 3.05) is 7.11 Å². The zero-order valence-corrected chi connectivity index (χ0v) is 13.3. The number of rotatable bonds is 5. The summed E-state index contributed by atoms with van der Waals surface area (Å²) in [5.41, 5.74) is 5.71. The van der Waals surface area contributed by atoms with Gasteiger partial charge in [0.1, 0.15) is 5.75 Å². The van der Waals surface area contributed by atoms with Crippen molar-refractivity contribution < 1.29 is 14.3 Å². The molecule has 0 fully saturated rings. The Morgan fingerprint density at radius 1 is 1.23 bits per heavy atom. The molecule has 1 aromatic carbocycles. The molecule has 0 unspecified atom stereocenters. The van der Waals surface area contributed by atoms with Crippen LogP contribution >= 0.6 is 12.2 Å². The van der Waals surface area contributed by atoms with Crippen molar-refractivity contribution in [3.63, 3.8) is 0 Å². The molecule has 0 aliphatic heterocycles. The van der Waals surface area contributed by atoms with E-state index in [9.17, 15) is 9.59 Å². The quantitative estimate of drug-likeness (QED) is 0.435. The van der Waals surface area contributed by atoms with Crippen LogP contribution in [0.3, 0.4) is 0 Å². The molecule has 22 heavy (non-hydrogen) atoms. The van der Waals surface area contributed by atoms with E-state index in [0.29, 0.717) is 6.42 Å². The highest BCUT2D eigenvalue weighted by molar-refractivity contribution is 7.80. The van der Waals surface area contributed by atoms with Crippen LogP contribution in [0, 0.1) is 0 Å². The minimum Gasteiger partial charge on any atom is -0.497 e. The summed E-state index contributed by atoms with van der Waals surface area (Å²) in [6.45, 7) is 1.89. The van der Waals surface area contributed by atoms with Gasteiger partial charge < -0.3 is 4.74 Å². The van der Waals surface area contributed by atoms with Crippen LogP contribution in [0.2, 0.25) is 0 Å². The normalized spacial score (nSPS) is 10.1. The molecule has 0 aromatic heterocycles. The fourth-order valence-electron chi connectivity index (χ4n) is 1.49. The predicted octanol–water partition coefficient (Wildman–Crippen LogP) is 1.53. The zero-order valence-electron chi connectivity index (χ0n) is 12.5. The standard InChI is InChI=1S/C15H19N3O3S/c1-3-4-14(20)17-18-15(22)16-13(19)10-7-11-5-8-12(21-2)9-6-11/h5-10H,3-4H2,1-2H3,(H,17,20)(H2,16,18,19,22)/b10-7+. The van der Waals surface area contributed by atoms with Crippen molar-refractivity contribution in [2.24, 2.45) is 0 Å². The summed E-state index contributed by atoms with van der Waals surface area (Å²) in [6, 6.07) is 7.24. The van der Waals surface area contributed by atoms with Crippen molar-refractivity contribution in [2.45, 2.75) is 19.8 Å². The van der Waals surface area contributed by atoms with Gasteiger partial charge in [0.15, 0.2) is 5.11 Å². The second kappa shape index (κ2) is 9.51. The lowest BCUT2D eigenvalue weighted by atomic mass is 10.2. The van der Waals surface area contributed by atoms with Gasteiger partial charge in [-0.15, -0.1) is 0 Å². The molecule has 0 radical (unpaired) electrons. The number of hydrogen-bond donors (Lipinski definition) is 3. The third-order valence-corrected chi connectivity index (χ3v) is 2.78. The Bertz CT molecular complexity index is 556. The Morgan fingerprint density at radius 3 is 2.50 bits per heavy atom. The monoisotopic (exact) mass is 321 g/mol. The van der Waals surface area contributed by atoms with E-state index in [1.807, 2.05) is 19.1 Å². The summed E-state index contributed by atoms with van der Waals surface area (Å²) in [4.78, 5) is 22.9. The molecule has 0 atom stereocenters. The van der Waals surface area contributed by atoms with Crippen LogP contribution in [-0.2, 0) is 9.59 Å². The Kier molecular flexibility index (Phi) is 7.63. The lowest BCUT2D eigenvalue weighted by Gasteiger charge is -2.08. The molecule has 3 N–H and O–H groups in total. The average Bonchev–Trinajstić information content (AvgIpc) is 2.52. The molecule has 7 heteroatoms. The van der Waals surface area contributed by atoms with Gasteiger partial charge >= 0.3 is 0 Å².